The third kappa shape index (κ3) is 4.99. The maximum absolute atomic E-state index is 12.7. The summed E-state index contributed by atoms with van der Waals surface area (Å²) in [5, 5.41) is 5.30. The molecule has 0 saturated heterocycles. The summed E-state index contributed by atoms with van der Waals surface area (Å²) in [7, 11) is 0. The third-order valence-electron chi connectivity index (χ3n) is 2.52. The highest BCUT2D eigenvalue weighted by molar-refractivity contribution is 5.80. The molecule has 0 radical (unpaired) electrons. The van der Waals surface area contributed by atoms with E-state index in [1.807, 2.05) is 13.8 Å². The smallest absolute Gasteiger partial charge is 0.398 e. The number of rotatable bonds is 5. The summed E-state index contributed by atoms with van der Waals surface area (Å²) in [4.78, 5) is 11.4. The van der Waals surface area contributed by atoms with Gasteiger partial charge in [0.1, 0.15) is 0 Å². The van der Waals surface area contributed by atoms with Crippen molar-refractivity contribution in [2.45, 2.75) is 20.0 Å². The normalized spacial score (nSPS) is 11.5. The predicted octanol–water partition coefficient (Wildman–Crippen LogP) is 2.47. The SMILES string of the molecule is CC(C)CNC(=O)CNc1ccc(N)c(C(F)(F)F)c1. The largest absolute Gasteiger partial charge is 0.418 e. The fourth-order valence-corrected chi connectivity index (χ4v) is 1.47. The minimum absolute atomic E-state index is 0.0893. The summed E-state index contributed by atoms with van der Waals surface area (Å²) in [5.41, 5.74) is 4.23. The average Bonchev–Trinajstić information content (AvgIpc) is 2.33. The van der Waals surface area contributed by atoms with Crippen LogP contribution in [0.5, 0.6) is 0 Å². The second-order valence-corrected chi connectivity index (χ2v) is 4.85. The Balaban J connectivity index is 2.63. The first-order valence-electron chi connectivity index (χ1n) is 6.17. The number of nitrogens with two attached hydrogens (primary N) is 1. The lowest BCUT2D eigenvalue weighted by Gasteiger charge is -2.13. The number of carbonyl (C=O) groups excluding carboxylic acids is 1. The molecule has 0 saturated carbocycles. The van der Waals surface area contributed by atoms with E-state index in [0.717, 1.165) is 12.1 Å². The van der Waals surface area contributed by atoms with Crippen LogP contribution in [0.2, 0.25) is 0 Å². The van der Waals surface area contributed by atoms with Crippen molar-refractivity contribution >= 4 is 17.3 Å². The average molecular weight is 289 g/mol. The van der Waals surface area contributed by atoms with Gasteiger partial charge in [0.25, 0.3) is 0 Å². The number of amides is 1. The van der Waals surface area contributed by atoms with Gasteiger partial charge in [0.05, 0.1) is 12.1 Å². The zero-order chi connectivity index (χ0) is 15.3. The van der Waals surface area contributed by atoms with Gasteiger partial charge in [-0.05, 0) is 24.1 Å². The molecule has 0 unspecified atom stereocenters. The zero-order valence-electron chi connectivity index (χ0n) is 11.3. The van der Waals surface area contributed by atoms with Crippen molar-refractivity contribution < 1.29 is 18.0 Å². The number of anilines is 2. The summed E-state index contributed by atoms with van der Waals surface area (Å²) in [5.74, 6) is 0.0383. The lowest BCUT2D eigenvalue weighted by molar-refractivity contribution is -0.136. The monoisotopic (exact) mass is 289 g/mol. The number of benzene rings is 1. The van der Waals surface area contributed by atoms with Gasteiger partial charge in [0.15, 0.2) is 0 Å². The van der Waals surface area contributed by atoms with Crippen LogP contribution < -0.4 is 16.4 Å². The van der Waals surface area contributed by atoms with Crippen LogP contribution in [-0.2, 0) is 11.0 Å². The molecule has 0 aromatic heterocycles. The van der Waals surface area contributed by atoms with Gasteiger partial charge in [-0.1, -0.05) is 13.8 Å². The highest BCUT2D eigenvalue weighted by atomic mass is 19.4. The van der Waals surface area contributed by atoms with Crippen molar-refractivity contribution in [1.82, 2.24) is 5.32 Å². The van der Waals surface area contributed by atoms with E-state index in [0.29, 0.717) is 12.5 Å². The molecular weight excluding hydrogens is 271 g/mol. The van der Waals surface area contributed by atoms with E-state index in [4.69, 9.17) is 5.73 Å². The van der Waals surface area contributed by atoms with Crippen molar-refractivity contribution in [2.75, 3.05) is 24.1 Å². The Bertz CT molecular complexity index is 472. The van der Waals surface area contributed by atoms with Crippen LogP contribution in [0.4, 0.5) is 24.5 Å². The summed E-state index contributed by atoms with van der Waals surface area (Å²) < 4.78 is 38.0. The van der Waals surface area contributed by atoms with Crippen molar-refractivity contribution in [1.29, 1.82) is 0 Å². The molecular formula is C13H18F3N3O. The Morgan fingerprint density at radius 1 is 1.35 bits per heavy atom. The number of carbonyl (C=O) groups is 1. The molecule has 0 bridgehead atoms. The highest BCUT2D eigenvalue weighted by Crippen LogP contribution is 2.34. The standard InChI is InChI=1S/C13H18F3N3O/c1-8(2)6-19-12(20)7-18-9-3-4-11(17)10(5-9)13(14,15)16/h3-5,8,18H,6-7,17H2,1-2H3,(H,19,20). The molecule has 1 aromatic carbocycles. The van der Waals surface area contributed by atoms with Crippen LogP contribution in [0, 0.1) is 5.92 Å². The molecule has 20 heavy (non-hydrogen) atoms. The molecule has 4 nitrogen and oxygen atoms in total. The number of nitrogens with one attached hydrogen (secondary N) is 2. The molecule has 0 atom stereocenters. The topological polar surface area (TPSA) is 67.2 Å². The quantitative estimate of drug-likeness (QED) is 0.729. The molecule has 0 aliphatic carbocycles. The number of alkyl halides is 3. The van der Waals surface area contributed by atoms with Gasteiger partial charge in [0, 0.05) is 17.9 Å². The van der Waals surface area contributed by atoms with Crippen LogP contribution >= 0.6 is 0 Å². The molecule has 112 valence electrons. The number of hydrogen-bond donors (Lipinski definition) is 3. The van der Waals surface area contributed by atoms with Crippen LogP contribution in [-0.4, -0.2) is 19.0 Å². The zero-order valence-corrected chi connectivity index (χ0v) is 11.3. The summed E-state index contributed by atoms with van der Waals surface area (Å²) in [6, 6.07) is 3.46. The Kier molecular flexibility index (Phi) is 5.24. The second-order valence-electron chi connectivity index (χ2n) is 4.85. The first kappa shape index (κ1) is 16.1. The second kappa shape index (κ2) is 6.49. The van der Waals surface area contributed by atoms with E-state index in [2.05, 4.69) is 10.6 Å². The van der Waals surface area contributed by atoms with E-state index >= 15 is 0 Å². The van der Waals surface area contributed by atoms with Gasteiger partial charge in [0.2, 0.25) is 5.91 Å². The fraction of sp³-hybridized carbons (Fsp3) is 0.462. The van der Waals surface area contributed by atoms with E-state index in [1.54, 1.807) is 0 Å². The van der Waals surface area contributed by atoms with Crippen LogP contribution in [0.1, 0.15) is 19.4 Å². The van der Waals surface area contributed by atoms with Crippen molar-refractivity contribution in [3.05, 3.63) is 23.8 Å². The molecule has 0 spiro atoms. The maximum atomic E-state index is 12.7. The number of hydrogen-bond acceptors (Lipinski definition) is 3. The molecule has 0 fully saturated rings. The van der Waals surface area contributed by atoms with Crippen LogP contribution in [0.3, 0.4) is 0 Å². The number of halogens is 3. The van der Waals surface area contributed by atoms with Gasteiger partial charge >= 0.3 is 6.18 Å². The minimum Gasteiger partial charge on any atom is -0.398 e. The first-order chi connectivity index (χ1) is 9.20. The molecule has 7 heteroatoms. The molecule has 1 aromatic rings. The van der Waals surface area contributed by atoms with Gasteiger partial charge in [-0.25, -0.2) is 0 Å². The Morgan fingerprint density at radius 2 is 2.00 bits per heavy atom. The van der Waals surface area contributed by atoms with E-state index in [1.165, 1.54) is 6.07 Å². The molecule has 0 aliphatic heterocycles. The molecule has 1 amide bonds. The summed E-state index contributed by atoms with van der Waals surface area (Å²) in [6.07, 6.45) is -4.51. The van der Waals surface area contributed by atoms with Crippen molar-refractivity contribution in [2.24, 2.45) is 5.92 Å². The van der Waals surface area contributed by atoms with E-state index < -0.39 is 11.7 Å². The van der Waals surface area contributed by atoms with Gasteiger partial charge < -0.3 is 16.4 Å². The van der Waals surface area contributed by atoms with E-state index in [9.17, 15) is 18.0 Å². The van der Waals surface area contributed by atoms with Gasteiger partial charge in [-0.15, -0.1) is 0 Å². The van der Waals surface area contributed by atoms with Gasteiger partial charge in [-0.3, -0.25) is 4.79 Å². The van der Waals surface area contributed by atoms with E-state index in [-0.39, 0.29) is 23.8 Å². The van der Waals surface area contributed by atoms with Gasteiger partial charge in [-0.2, -0.15) is 13.2 Å². The highest BCUT2D eigenvalue weighted by Gasteiger charge is 2.33. The summed E-state index contributed by atoms with van der Waals surface area (Å²) >= 11 is 0. The molecule has 4 N–H and O–H groups in total. The molecule has 0 heterocycles. The van der Waals surface area contributed by atoms with Crippen molar-refractivity contribution in [3.8, 4) is 0 Å². The van der Waals surface area contributed by atoms with Crippen LogP contribution in [0.15, 0.2) is 18.2 Å². The predicted molar refractivity (Wildman–Crippen MR) is 72.2 cm³/mol. The fourth-order valence-electron chi connectivity index (χ4n) is 1.47. The number of nitrogen functional groups attached to an aromatic ring is 1. The Morgan fingerprint density at radius 3 is 2.55 bits per heavy atom. The maximum Gasteiger partial charge on any atom is 0.418 e. The third-order valence-corrected chi connectivity index (χ3v) is 2.52. The summed E-state index contributed by atoms with van der Waals surface area (Å²) in [6.45, 7) is 4.33. The molecule has 1 rings (SSSR count). The first-order valence-corrected chi connectivity index (χ1v) is 6.17. The lowest BCUT2D eigenvalue weighted by atomic mass is 10.1. The van der Waals surface area contributed by atoms with Crippen LogP contribution in [0.25, 0.3) is 0 Å². The minimum atomic E-state index is -4.51. The molecule has 0 aliphatic rings. The lowest BCUT2D eigenvalue weighted by Crippen LogP contribution is -2.32. The Labute approximate surface area is 115 Å². The Hall–Kier alpha value is -1.92. The van der Waals surface area contributed by atoms with Crippen molar-refractivity contribution in [3.63, 3.8) is 0 Å².